The van der Waals surface area contributed by atoms with Gasteiger partial charge in [0.2, 0.25) is 11.8 Å². The smallest absolute Gasteiger partial charge is 0.408 e. The maximum absolute atomic E-state index is 13.7. The number of halogens is 2. The number of hydrogen-bond donors (Lipinski definition) is 2. The number of likely N-dealkylation sites (tertiary alicyclic amines) is 1. The molecule has 3 heterocycles. The molecule has 0 unspecified atom stereocenters. The van der Waals surface area contributed by atoms with Crippen molar-refractivity contribution in [2.24, 2.45) is 0 Å². The second kappa shape index (κ2) is 16.3. The van der Waals surface area contributed by atoms with Gasteiger partial charge < -0.3 is 29.9 Å². The van der Waals surface area contributed by atoms with E-state index in [9.17, 15) is 28.0 Å². The lowest BCUT2D eigenvalue weighted by Crippen LogP contribution is -2.51. The molecule has 52 heavy (non-hydrogen) atoms. The third-order valence-electron chi connectivity index (χ3n) is 8.71. The van der Waals surface area contributed by atoms with Crippen LogP contribution in [0.5, 0.6) is 5.75 Å². The third-order valence-corrected chi connectivity index (χ3v) is 8.71. The van der Waals surface area contributed by atoms with E-state index < -0.39 is 55.0 Å². The largest absolute Gasteiger partial charge is 0.494 e. The molecule has 2 fully saturated rings. The maximum atomic E-state index is 13.7. The Morgan fingerprint density at radius 3 is 2.35 bits per heavy atom. The molecule has 4 amide bonds. The van der Waals surface area contributed by atoms with E-state index in [0.29, 0.717) is 30.6 Å². The van der Waals surface area contributed by atoms with Crippen LogP contribution in [0.3, 0.4) is 0 Å². The zero-order chi connectivity index (χ0) is 37.5. The Balaban J connectivity index is 1.05. The maximum Gasteiger partial charge on any atom is 0.408 e. The van der Waals surface area contributed by atoms with Gasteiger partial charge in [-0.05, 0) is 62.6 Å². The van der Waals surface area contributed by atoms with Crippen molar-refractivity contribution in [2.75, 3.05) is 59.0 Å². The number of pyridine rings is 1. The number of carbonyl (C=O) groups is 4. The highest BCUT2D eigenvalue weighted by molar-refractivity contribution is 6.07. The number of fused-ring (bicyclic) bond motifs is 1. The molecule has 0 saturated carbocycles. The van der Waals surface area contributed by atoms with Crippen molar-refractivity contribution in [1.29, 1.82) is 5.26 Å². The molecule has 276 valence electrons. The van der Waals surface area contributed by atoms with E-state index in [1.165, 1.54) is 12.3 Å². The number of aromatic nitrogens is 1. The highest BCUT2D eigenvalue weighted by atomic mass is 19.3. The summed E-state index contributed by atoms with van der Waals surface area (Å²) in [5.74, 6) is -3.85. The predicted molar refractivity (Wildman–Crippen MR) is 188 cm³/mol. The second-order valence-corrected chi connectivity index (χ2v) is 13.8. The molecule has 2 aliphatic heterocycles. The summed E-state index contributed by atoms with van der Waals surface area (Å²) >= 11 is 0. The number of nitrogens with zero attached hydrogens (tertiary/aromatic N) is 5. The summed E-state index contributed by atoms with van der Waals surface area (Å²) in [5, 5.41) is 14.7. The van der Waals surface area contributed by atoms with Gasteiger partial charge in [0.15, 0.2) is 0 Å². The number of nitriles is 1. The highest BCUT2D eigenvalue weighted by Crippen LogP contribution is 2.32. The molecule has 0 radical (unpaired) electrons. The Labute approximate surface area is 300 Å². The Morgan fingerprint density at radius 1 is 0.962 bits per heavy atom. The van der Waals surface area contributed by atoms with Gasteiger partial charge in [0.05, 0.1) is 36.8 Å². The van der Waals surface area contributed by atoms with Crippen molar-refractivity contribution in [3.05, 3.63) is 60.3 Å². The van der Waals surface area contributed by atoms with Gasteiger partial charge in [-0.3, -0.25) is 24.3 Å². The van der Waals surface area contributed by atoms with Crippen LogP contribution in [0.4, 0.5) is 13.6 Å². The molecule has 1 atom stereocenters. The average molecular weight is 720 g/mol. The van der Waals surface area contributed by atoms with Crippen molar-refractivity contribution in [2.45, 2.75) is 51.2 Å². The topological polar surface area (TPSA) is 157 Å². The lowest BCUT2D eigenvalue weighted by molar-refractivity contribution is -0.132. The fourth-order valence-electron chi connectivity index (χ4n) is 6.09. The van der Waals surface area contributed by atoms with Crippen LogP contribution in [-0.2, 0) is 14.3 Å². The lowest BCUT2D eigenvalue weighted by Gasteiger charge is -2.34. The third kappa shape index (κ3) is 10.1. The van der Waals surface area contributed by atoms with Gasteiger partial charge in [-0.1, -0.05) is 24.3 Å². The van der Waals surface area contributed by atoms with Gasteiger partial charge in [0.1, 0.15) is 23.9 Å². The molecule has 2 aromatic carbocycles. The molecule has 0 spiro atoms. The number of alkyl halides is 2. The number of amides is 4. The molecular formula is C37H43F2N7O6. The van der Waals surface area contributed by atoms with E-state index in [4.69, 9.17) is 14.7 Å². The van der Waals surface area contributed by atoms with E-state index >= 15 is 0 Å². The van der Waals surface area contributed by atoms with Crippen LogP contribution >= 0.6 is 0 Å². The first-order chi connectivity index (χ1) is 24.7. The summed E-state index contributed by atoms with van der Waals surface area (Å²) in [4.78, 5) is 59.1. The molecule has 0 bridgehead atoms. The molecule has 13 nitrogen and oxygen atoms in total. The fraction of sp³-hybridized carbons (Fsp3) is 0.459. The van der Waals surface area contributed by atoms with Gasteiger partial charge in [0.25, 0.3) is 11.8 Å². The van der Waals surface area contributed by atoms with Crippen LogP contribution in [0.1, 0.15) is 44.0 Å². The Morgan fingerprint density at radius 2 is 1.65 bits per heavy atom. The Kier molecular flexibility index (Phi) is 11.9. The summed E-state index contributed by atoms with van der Waals surface area (Å²) in [6.45, 7) is 7.86. The number of nitrogens with one attached hydrogen (secondary N) is 2. The first kappa shape index (κ1) is 37.9. The molecule has 5 rings (SSSR count). The van der Waals surface area contributed by atoms with Crippen molar-refractivity contribution in [3.8, 4) is 22.9 Å². The molecule has 3 aromatic rings. The minimum Gasteiger partial charge on any atom is -0.494 e. The SMILES string of the molecule is CC(C)(C)OC(=O)NCC(=O)N1CCN(CCCOc2ccc(-c3ccc4c(C(=O)NCC(=O)N5CC(F)(F)C[C@H]5C#N)ccnc4c3)cc2)CC1. The summed E-state index contributed by atoms with van der Waals surface area (Å²) < 4.78 is 38.6. The standard InChI is InChI=1S/C37H43F2N7O6/c1-36(2,3)52-35(50)43-22-32(47)45-16-14-44(15-17-45)13-4-18-51-28-8-5-25(6-9-28)26-7-10-29-30(11-12-41-31(29)19-26)34(49)42-23-33(48)46-24-37(38,39)20-27(46)21-40/h5-12,19,27H,4,13-18,20,22-24H2,1-3H3,(H,42,49)(H,43,50)/t27-/m0/s1. The van der Waals surface area contributed by atoms with E-state index in [0.717, 1.165) is 47.8 Å². The number of hydrogen-bond acceptors (Lipinski definition) is 9. The number of ether oxygens (including phenoxy) is 2. The van der Waals surface area contributed by atoms with Gasteiger partial charge in [0, 0.05) is 50.7 Å². The minimum absolute atomic E-state index is 0.0922. The van der Waals surface area contributed by atoms with E-state index in [1.807, 2.05) is 36.4 Å². The van der Waals surface area contributed by atoms with E-state index in [1.54, 1.807) is 37.8 Å². The molecule has 2 saturated heterocycles. The average Bonchev–Trinajstić information content (AvgIpc) is 3.45. The summed E-state index contributed by atoms with van der Waals surface area (Å²) in [5.41, 5.74) is 2.00. The zero-order valence-electron chi connectivity index (χ0n) is 29.5. The Hall–Kier alpha value is -5.36. The van der Waals surface area contributed by atoms with Crippen molar-refractivity contribution in [1.82, 2.24) is 30.3 Å². The number of piperazine rings is 1. The molecule has 2 aliphatic rings. The van der Waals surface area contributed by atoms with Crippen LogP contribution in [0.15, 0.2) is 54.7 Å². The molecule has 2 N–H and O–H groups in total. The van der Waals surface area contributed by atoms with Gasteiger partial charge in [-0.2, -0.15) is 5.26 Å². The number of alkyl carbamates (subject to hydrolysis) is 1. The van der Waals surface area contributed by atoms with E-state index in [-0.39, 0.29) is 18.0 Å². The zero-order valence-corrected chi connectivity index (χ0v) is 29.5. The number of carbonyl (C=O) groups excluding carboxylic acids is 4. The van der Waals surface area contributed by atoms with Crippen LogP contribution in [0.25, 0.3) is 22.0 Å². The number of rotatable bonds is 11. The van der Waals surface area contributed by atoms with Crippen molar-refractivity contribution < 1.29 is 37.4 Å². The second-order valence-electron chi connectivity index (χ2n) is 13.8. The van der Waals surface area contributed by atoms with Crippen LogP contribution in [0.2, 0.25) is 0 Å². The first-order valence-electron chi connectivity index (χ1n) is 17.2. The van der Waals surface area contributed by atoms with Crippen LogP contribution in [-0.4, -0.2) is 120 Å². The summed E-state index contributed by atoms with van der Waals surface area (Å²) in [7, 11) is 0. The molecule has 0 aliphatic carbocycles. The van der Waals surface area contributed by atoms with Gasteiger partial charge >= 0.3 is 6.09 Å². The van der Waals surface area contributed by atoms with Gasteiger partial charge in [-0.25, -0.2) is 13.6 Å². The van der Waals surface area contributed by atoms with Gasteiger partial charge in [-0.15, -0.1) is 0 Å². The first-order valence-corrected chi connectivity index (χ1v) is 17.2. The quantitative estimate of drug-likeness (QED) is 0.281. The lowest BCUT2D eigenvalue weighted by atomic mass is 10.0. The van der Waals surface area contributed by atoms with Crippen LogP contribution in [0, 0.1) is 11.3 Å². The van der Waals surface area contributed by atoms with E-state index in [2.05, 4.69) is 20.5 Å². The summed E-state index contributed by atoms with van der Waals surface area (Å²) in [6.07, 6.45) is 0.967. The normalized spacial score (nSPS) is 17.3. The monoisotopic (exact) mass is 719 g/mol. The molecular weight excluding hydrogens is 676 g/mol. The fourth-order valence-corrected chi connectivity index (χ4v) is 6.09. The predicted octanol–water partition coefficient (Wildman–Crippen LogP) is 3.83. The molecule has 1 aromatic heterocycles. The Bertz CT molecular complexity index is 1820. The molecule has 15 heteroatoms. The minimum atomic E-state index is -3.14. The summed E-state index contributed by atoms with van der Waals surface area (Å²) in [6, 6.07) is 15.1. The van der Waals surface area contributed by atoms with Crippen molar-refractivity contribution in [3.63, 3.8) is 0 Å². The number of benzene rings is 2. The van der Waals surface area contributed by atoms with Crippen LogP contribution < -0.4 is 15.4 Å². The van der Waals surface area contributed by atoms with Crippen molar-refractivity contribution >= 4 is 34.7 Å². The highest BCUT2D eigenvalue weighted by Gasteiger charge is 2.47.